The number of thiazole rings is 1. The standard InChI is InChI=1S/C15H26N2O3S2/c1-6-20-15(3,4)10-22(18,19)17(5)13-9-7-8-12-14(13)21-11(2)16-12/h13H,6-10H2,1-5H3/t13-/m0/s1. The van der Waals surface area contributed by atoms with Crippen molar-refractivity contribution in [1.82, 2.24) is 9.29 Å². The van der Waals surface area contributed by atoms with Crippen molar-refractivity contribution in [2.75, 3.05) is 19.4 Å². The first-order valence-corrected chi connectivity index (χ1v) is 10.1. The summed E-state index contributed by atoms with van der Waals surface area (Å²) in [6.07, 6.45) is 2.80. The Balaban J connectivity index is 2.22. The minimum atomic E-state index is -3.39. The lowest BCUT2D eigenvalue weighted by molar-refractivity contribution is 0.00713. The van der Waals surface area contributed by atoms with Crippen molar-refractivity contribution in [2.45, 2.75) is 58.6 Å². The number of aryl methyl sites for hydroxylation is 2. The van der Waals surface area contributed by atoms with Gasteiger partial charge in [-0.15, -0.1) is 11.3 Å². The van der Waals surface area contributed by atoms with Gasteiger partial charge >= 0.3 is 0 Å². The Labute approximate surface area is 137 Å². The van der Waals surface area contributed by atoms with E-state index in [0.717, 1.165) is 34.8 Å². The van der Waals surface area contributed by atoms with E-state index in [-0.39, 0.29) is 11.8 Å². The zero-order chi connectivity index (χ0) is 16.5. The predicted molar refractivity (Wildman–Crippen MR) is 89.8 cm³/mol. The first-order chi connectivity index (χ1) is 10.2. The van der Waals surface area contributed by atoms with Gasteiger partial charge in [0.15, 0.2) is 0 Å². The highest BCUT2D eigenvalue weighted by Gasteiger charge is 2.36. The third kappa shape index (κ3) is 3.88. The normalized spacial score (nSPS) is 19.5. The first-order valence-electron chi connectivity index (χ1n) is 7.72. The van der Waals surface area contributed by atoms with E-state index in [9.17, 15) is 8.42 Å². The summed E-state index contributed by atoms with van der Waals surface area (Å²) in [7, 11) is -1.70. The predicted octanol–water partition coefficient (Wildman–Crippen LogP) is 2.91. The van der Waals surface area contributed by atoms with Crippen LogP contribution < -0.4 is 0 Å². The van der Waals surface area contributed by atoms with Crippen molar-refractivity contribution >= 4 is 21.4 Å². The Morgan fingerprint density at radius 3 is 2.77 bits per heavy atom. The van der Waals surface area contributed by atoms with Crippen molar-refractivity contribution in [3.05, 3.63) is 15.6 Å². The summed E-state index contributed by atoms with van der Waals surface area (Å²) < 4.78 is 32.6. The van der Waals surface area contributed by atoms with Gasteiger partial charge in [0.1, 0.15) is 0 Å². The summed E-state index contributed by atoms with van der Waals surface area (Å²) >= 11 is 1.62. The van der Waals surface area contributed by atoms with Gasteiger partial charge in [0, 0.05) is 18.5 Å². The molecular formula is C15H26N2O3S2. The fourth-order valence-electron chi connectivity index (χ4n) is 3.03. The first kappa shape index (κ1) is 17.8. The number of aromatic nitrogens is 1. The van der Waals surface area contributed by atoms with Crippen LogP contribution in [0.1, 0.15) is 55.2 Å². The number of hydrogen-bond donors (Lipinski definition) is 0. The average Bonchev–Trinajstić information content (AvgIpc) is 2.76. The molecule has 0 spiro atoms. The molecule has 22 heavy (non-hydrogen) atoms. The average molecular weight is 347 g/mol. The fourth-order valence-corrected chi connectivity index (χ4v) is 6.02. The van der Waals surface area contributed by atoms with Crippen LogP contribution in [0.4, 0.5) is 0 Å². The maximum absolute atomic E-state index is 12.8. The second-order valence-corrected chi connectivity index (χ2v) is 9.68. The molecule has 1 atom stereocenters. The molecule has 0 N–H and O–H groups in total. The van der Waals surface area contributed by atoms with E-state index in [2.05, 4.69) is 4.98 Å². The number of rotatable bonds is 6. The quantitative estimate of drug-likeness (QED) is 0.795. The molecule has 0 bridgehead atoms. The van der Waals surface area contributed by atoms with E-state index in [4.69, 9.17) is 4.74 Å². The van der Waals surface area contributed by atoms with Gasteiger partial charge in [0.05, 0.1) is 28.1 Å². The largest absolute Gasteiger partial charge is 0.375 e. The van der Waals surface area contributed by atoms with Crippen LogP contribution in [0, 0.1) is 6.92 Å². The van der Waals surface area contributed by atoms with E-state index in [0.29, 0.717) is 6.61 Å². The highest BCUT2D eigenvalue weighted by atomic mass is 32.2. The third-order valence-corrected chi connectivity index (χ3v) is 7.28. The maximum atomic E-state index is 12.8. The SMILES string of the molecule is CCOC(C)(C)CS(=O)(=O)N(C)[C@H]1CCCc2nc(C)sc21. The lowest BCUT2D eigenvalue weighted by Gasteiger charge is -2.33. The van der Waals surface area contributed by atoms with E-state index < -0.39 is 15.6 Å². The number of fused-ring (bicyclic) bond motifs is 1. The minimum absolute atomic E-state index is 0.00599. The van der Waals surface area contributed by atoms with Crippen LogP contribution in [0.3, 0.4) is 0 Å². The molecule has 1 aromatic rings. The van der Waals surface area contributed by atoms with Gasteiger partial charge < -0.3 is 4.74 Å². The Hall–Kier alpha value is -0.500. The second kappa shape index (κ2) is 6.55. The Morgan fingerprint density at radius 2 is 2.14 bits per heavy atom. The molecule has 0 saturated heterocycles. The van der Waals surface area contributed by atoms with Crippen LogP contribution >= 0.6 is 11.3 Å². The number of ether oxygens (including phenoxy) is 1. The topological polar surface area (TPSA) is 59.5 Å². The smallest absolute Gasteiger partial charge is 0.217 e. The van der Waals surface area contributed by atoms with Crippen LogP contribution in [0.2, 0.25) is 0 Å². The Morgan fingerprint density at radius 1 is 1.45 bits per heavy atom. The minimum Gasteiger partial charge on any atom is -0.375 e. The molecule has 0 aliphatic heterocycles. The molecule has 1 aliphatic rings. The fraction of sp³-hybridized carbons (Fsp3) is 0.800. The maximum Gasteiger partial charge on any atom is 0.217 e. The number of nitrogens with zero attached hydrogens (tertiary/aromatic N) is 2. The van der Waals surface area contributed by atoms with Crippen molar-refractivity contribution in [3.8, 4) is 0 Å². The van der Waals surface area contributed by atoms with Crippen LogP contribution in [0.25, 0.3) is 0 Å². The van der Waals surface area contributed by atoms with Crippen molar-refractivity contribution < 1.29 is 13.2 Å². The summed E-state index contributed by atoms with van der Waals surface area (Å²) in [6, 6.07) is -0.0858. The molecule has 126 valence electrons. The second-order valence-electron chi connectivity index (χ2n) is 6.42. The van der Waals surface area contributed by atoms with Crippen molar-refractivity contribution in [3.63, 3.8) is 0 Å². The van der Waals surface area contributed by atoms with Gasteiger partial charge in [0.2, 0.25) is 10.0 Å². The zero-order valence-electron chi connectivity index (χ0n) is 14.0. The molecule has 1 aliphatic carbocycles. The monoisotopic (exact) mass is 346 g/mol. The van der Waals surface area contributed by atoms with Gasteiger partial charge in [-0.1, -0.05) is 0 Å². The van der Waals surface area contributed by atoms with Gasteiger partial charge in [-0.2, -0.15) is 4.31 Å². The highest BCUT2D eigenvalue weighted by Crippen LogP contribution is 2.38. The van der Waals surface area contributed by atoms with E-state index in [1.165, 1.54) is 4.31 Å². The van der Waals surface area contributed by atoms with Crippen LogP contribution in [0.5, 0.6) is 0 Å². The molecule has 0 amide bonds. The van der Waals surface area contributed by atoms with Crippen molar-refractivity contribution in [1.29, 1.82) is 0 Å². The molecule has 0 saturated carbocycles. The molecule has 0 aromatic carbocycles. The molecular weight excluding hydrogens is 320 g/mol. The lowest BCUT2D eigenvalue weighted by Crippen LogP contribution is -2.42. The summed E-state index contributed by atoms with van der Waals surface area (Å²) in [4.78, 5) is 5.66. The summed E-state index contributed by atoms with van der Waals surface area (Å²) in [5, 5.41) is 1.01. The van der Waals surface area contributed by atoms with E-state index in [1.54, 1.807) is 18.4 Å². The van der Waals surface area contributed by atoms with Crippen LogP contribution in [-0.2, 0) is 21.2 Å². The Kier molecular flexibility index (Phi) is 5.31. The molecule has 0 fully saturated rings. The van der Waals surface area contributed by atoms with Gasteiger partial charge in [-0.05, 0) is 47.0 Å². The molecule has 5 nitrogen and oxygen atoms in total. The third-order valence-electron chi connectivity index (χ3n) is 3.97. The summed E-state index contributed by atoms with van der Waals surface area (Å²) in [5.41, 5.74) is 0.396. The molecule has 1 heterocycles. The molecule has 2 rings (SSSR count). The van der Waals surface area contributed by atoms with Gasteiger partial charge in [-0.3, -0.25) is 0 Å². The van der Waals surface area contributed by atoms with Gasteiger partial charge in [0.25, 0.3) is 0 Å². The number of hydrogen-bond acceptors (Lipinski definition) is 5. The molecule has 0 radical (unpaired) electrons. The van der Waals surface area contributed by atoms with Crippen LogP contribution in [-0.4, -0.2) is 42.7 Å². The number of sulfonamides is 1. The van der Waals surface area contributed by atoms with Gasteiger partial charge in [-0.25, -0.2) is 13.4 Å². The molecule has 7 heteroatoms. The van der Waals surface area contributed by atoms with E-state index in [1.807, 2.05) is 27.7 Å². The summed E-state index contributed by atoms with van der Waals surface area (Å²) in [5.74, 6) is -0.00599. The molecule has 0 unspecified atom stereocenters. The van der Waals surface area contributed by atoms with Crippen molar-refractivity contribution in [2.24, 2.45) is 0 Å². The van der Waals surface area contributed by atoms with Crippen LogP contribution in [0.15, 0.2) is 0 Å². The summed E-state index contributed by atoms with van der Waals surface area (Å²) in [6.45, 7) is 8.02. The zero-order valence-corrected chi connectivity index (χ0v) is 15.7. The Bertz CT molecular complexity index is 623. The highest BCUT2D eigenvalue weighted by molar-refractivity contribution is 7.89. The lowest BCUT2D eigenvalue weighted by atomic mass is 9.98. The molecule has 1 aromatic heterocycles. The van der Waals surface area contributed by atoms with E-state index >= 15 is 0 Å².